The first kappa shape index (κ1) is 39.6. The van der Waals surface area contributed by atoms with Crippen molar-refractivity contribution in [3.63, 3.8) is 0 Å². The van der Waals surface area contributed by atoms with E-state index in [1.807, 2.05) is 42.5 Å². The quantitative estimate of drug-likeness (QED) is 0.123. The minimum absolute atomic E-state index is 0. The molecule has 0 atom stereocenters. The largest absolute Gasteiger partial charge is 0.501 e. The molecule has 0 saturated heterocycles. The molecule has 1 saturated carbocycles. The fraction of sp³-hybridized carbons (Fsp3) is 0.280. The Morgan fingerprint density at radius 1 is 0.786 bits per heavy atom. The molecule has 0 unspecified atom stereocenters. The second-order valence-corrected chi connectivity index (χ2v) is 22.2. The van der Waals surface area contributed by atoms with E-state index in [4.69, 9.17) is 14.4 Å². The fourth-order valence-corrected chi connectivity index (χ4v) is 9.93. The zero-order chi connectivity index (χ0) is 38.2. The smallest absolute Gasteiger partial charge is 0.120 e. The molecule has 5 aromatic carbocycles. The number of fused-ring (bicyclic) bond motifs is 4. The first-order valence-corrected chi connectivity index (χ1v) is 23.4. The normalized spacial score (nSPS) is 13.8. The van der Waals surface area contributed by atoms with Gasteiger partial charge in [0.1, 0.15) is 5.58 Å². The van der Waals surface area contributed by atoms with E-state index in [0.29, 0.717) is 0 Å². The molecule has 0 spiro atoms. The number of benzene rings is 5. The van der Waals surface area contributed by atoms with E-state index < -0.39 is 8.07 Å². The molecule has 3 heterocycles. The van der Waals surface area contributed by atoms with E-state index in [2.05, 4.69) is 136 Å². The van der Waals surface area contributed by atoms with Gasteiger partial charge in [0, 0.05) is 37.4 Å². The molecular formula is C50H51IrN3OSi-2. The molecule has 287 valence electrons. The van der Waals surface area contributed by atoms with Gasteiger partial charge in [-0.1, -0.05) is 144 Å². The summed E-state index contributed by atoms with van der Waals surface area (Å²) in [6.07, 6.45) is 10.5. The molecule has 0 N–H and O–H groups in total. The molecule has 4 nitrogen and oxygen atoms in total. The summed E-state index contributed by atoms with van der Waals surface area (Å²) in [4.78, 5) is 9.85. The van der Waals surface area contributed by atoms with Crippen LogP contribution in [0.1, 0.15) is 64.0 Å². The summed E-state index contributed by atoms with van der Waals surface area (Å²) >= 11 is 0. The first-order chi connectivity index (χ1) is 26.6. The summed E-state index contributed by atoms with van der Waals surface area (Å²) in [6, 6.07) is 46.4. The van der Waals surface area contributed by atoms with Gasteiger partial charge in [-0.3, -0.25) is 4.98 Å². The average Bonchev–Trinajstić information content (AvgIpc) is 3.77. The van der Waals surface area contributed by atoms with Crippen molar-refractivity contribution in [3.8, 4) is 28.3 Å². The molecule has 1 radical (unpaired) electrons. The van der Waals surface area contributed by atoms with Gasteiger partial charge in [-0.05, 0) is 58.5 Å². The third-order valence-corrected chi connectivity index (χ3v) is 13.2. The minimum Gasteiger partial charge on any atom is -0.501 e. The van der Waals surface area contributed by atoms with E-state index in [0.717, 1.165) is 67.2 Å². The Bertz CT molecular complexity index is 2590. The maximum Gasteiger partial charge on any atom is 0.120 e. The van der Waals surface area contributed by atoms with Gasteiger partial charge in [0.15, 0.2) is 0 Å². The third-order valence-electron chi connectivity index (χ3n) is 11.1. The molecule has 9 rings (SSSR count). The monoisotopic (exact) mass is 930 g/mol. The Balaban J connectivity index is 0.000000178. The van der Waals surface area contributed by atoms with Gasteiger partial charge >= 0.3 is 0 Å². The topological polar surface area (TPSA) is 43.9 Å². The van der Waals surface area contributed by atoms with E-state index in [1.165, 1.54) is 44.1 Å². The summed E-state index contributed by atoms with van der Waals surface area (Å²) in [5.74, 6) is 1.71. The number of hydrogen-bond acceptors (Lipinski definition) is 3. The van der Waals surface area contributed by atoms with Crippen LogP contribution >= 0.6 is 0 Å². The predicted octanol–water partition coefficient (Wildman–Crippen LogP) is 12.9. The summed E-state index contributed by atoms with van der Waals surface area (Å²) < 4.78 is 8.60. The SMILES string of the molecule is CC(C)(C)c1ccccc1-n1c(-c2[c-]ccc3c2oc2ccccc23)nc2ccccc21.C[Si](C)(C)c1cnc(-c2[c-]cccc2)cc1CC1CCCCC1.[Ir]. The molecule has 8 aromatic rings. The number of para-hydroxylation sites is 4. The number of hydrogen-bond donors (Lipinski definition) is 0. The standard InChI is InChI=1S/C29H23N2O.C21H28NSi.Ir/c1-29(2,3)22-14-5-7-16-24(22)31-25-17-8-6-15-23(25)30-28(31)21-13-10-12-20-19-11-4-9-18-26(19)32-27(20)21;1-23(2,3)21-16-22-20(18-12-8-5-9-13-18)15-19(21)14-17-10-6-4-7-11-17;/h4-12,14-18H,1-3H3;5,8-9,12,15-17H,4,6-7,10-11,14H2,1-3H3;/q2*-1;. The Morgan fingerprint density at radius 3 is 2.29 bits per heavy atom. The maximum absolute atomic E-state index is 6.34. The Kier molecular flexibility index (Phi) is 11.6. The van der Waals surface area contributed by atoms with Crippen LogP contribution in [0.3, 0.4) is 0 Å². The van der Waals surface area contributed by atoms with Gasteiger partial charge in [0.25, 0.3) is 0 Å². The molecule has 56 heavy (non-hydrogen) atoms. The Labute approximate surface area is 346 Å². The van der Waals surface area contributed by atoms with Crippen LogP contribution in [-0.2, 0) is 31.9 Å². The zero-order valence-corrected chi connectivity index (χ0v) is 36.8. The number of imidazole rings is 1. The second kappa shape index (κ2) is 16.5. The summed E-state index contributed by atoms with van der Waals surface area (Å²) in [6.45, 7) is 14.0. The van der Waals surface area contributed by atoms with E-state index in [9.17, 15) is 0 Å². The van der Waals surface area contributed by atoms with Gasteiger partial charge in [-0.2, -0.15) is 0 Å². The van der Waals surface area contributed by atoms with Gasteiger partial charge in [-0.25, -0.2) is 0 Å². The maximum atomic E-state index is 6.34. The number of aromatic nitrogens is 3. The zero-order valence-electron chi connectivity index (χ0n) is 33.5. The van der Waals surface area contributed by atoms with E-state index >= 15 is 0 Å². The van der Waals surface area contributed by atoms with Crippen molar-refractivity contribution >= 4 is 46.2 Å². The van der Waals surface area contributed by atoms with Gasteiger partial charge in [0.2, 0.25) is 0 Å². The van der Waals surface area contributed by atoms with Crippen molar-refractivity contribution in [3.05, 3.63) is 145 Å². The second-order valence-electron chi connectivity index (χ2n) is 17.2. The summed E-state index contributed by atoms with van der Waals surface area (Å²) in [7, 11) is -1.36. The molecule has 3 aromatic heterocycles. The predicted molar refractivity (Wildman–Crippen MR) is 233 cm³/mol. The number of pyridine rings is 1. The summed E-state index contributed by atoms with van der Waals surface area (Å²) in [5, 5.41) is 3.73. The van der Waals surface area contributed by atoms with Crippen LogP contribution in [0.4, 0.5) is 0 Å². The fourth-order valence-electron chi connectivity index (χ4n) is 8.34. The van der Waals surface area contributed by atoms with Crippen molar-refractivity contribution in [2.75, 3.05) is 0 Å². The van der Waals surface area contributed by atoms with Gasteiger partial charge in [0.05, 0.1) is 30.5 Å². The van der Waals surface area contributed by atoms with E-state index in [-0.39, 0.29) is 25.5 Å². The van der Waals surface area contributed by atoms with Crippen LogP contribution in [0.2, 0.25) is 19.6 Å². The molecule has 0 amide bonds. The van der Waals surface area contributed by atoms with Crippen molar-refractivity contribution in [1.29, 1.82) is 0 Å². The molecule has 1 fully saturated rings. The molecular weight excluding hydrogens is 879 g/mol. The van der Waals surface area contributed by atoms with Crippen molar-refractivity contribution in [2.24, 2.45) is 5.92 Å². The molecule has 0 bridgehead atoms. The van der Waals surface area contributed by atoms with Gasteiger partial charge in [-0.15, -0.1) is 54.1 Å². The van der Waals surface area contributed by atoms with Crippen LogP contribution in [0.15, 0.2) is 126 Å². The molecule has 1 aliphatic rings. The third kappa shape index (κ3) is 8.11. The van der Waals surface area contributed by atoms with Crippen molar-refractivity contribution in [1.82, 2.24) is 14.5 Å². The number of furan rings is 1. The Morgan fingerprint density at radius 2 is 1.52 bits per heavy atom. The molecule has 1 aliphatic carbocycles. The number of rotatable bonds is 6. The molecule has 6 heteroatoms. The minimum atomic E-state index is -1.36. The van der Waals surface area contributed by atoms with Crippen LogP contribution in [0, 0.1) is 18.1 Å². The van der Waals surface area contributed by atoms with Gasteiger partial charge < -0.3 is 14.0 Å². The van der Waals surface area contributed by atoms with Crippen molar-refractivity contribution < 1.29 is 24.5 Å². The molecule has 0 aliphatic heterocycles. The van der Waals surface area contributed by atoms with E-state index in [1.54, 1.807) is 10.8 Å². The van der Waals surface area contributed by atoms with Crippen LogP contribution in [0.5, 0.6) is 0 Å². The van der Waals surface area contributed by atoms with Crippen LogP contribution in [-0.4, -0.2) is 22.6 Å². The Hall–Kier alpha value is -4.61. The average molecular weight is 930 g/mol. The summed E-state index contributed by atoms with van der Waals surface area (Å²) in [5.41, 5.74) is 10.7. The van der Waals surface area contributed by atoms with Crippen molar-refractivity contribution in [2.45, 2.75) is 84.4 Å². The first-order valence-electron chi connectivity index (χ1n) is 19.9. The van der Waals surface area contributed by atoms with Crippen LogP contribution in [0.25, 0.3) is 61.3 Å². The number of nitrogens with zero attached hydrogens (tertiary/aromatic N) is 3. The van der Waals surface area contributed by atoms with Crippen LogP contribution < -0.4 is 5.19 Å².